The van der Waals surface area contributed by atoms with Crippen LogP contribution in [0.2, 0.25) is 5.02 Å². The van der Waals surface area contributed by atoms with Crippen LogP contribution in [0.15, 0.2) is 54.7 Å². The molecule has 1 aliphatic rings. The van der Waals surface area contributed by atoms with E-state index in [4.69, 9.17) is 16.3 Å². The predicted molar refractivity (Wildman–Crippen MR) is 133 cm³/mol. The molecule has 2 aromatic carbocycles. The van der Waals surface area contributed by atoms with E-state index in [9.17, 15) is 14.7 Å². The fourth-order valence-corrected chi connectivity index (χ4v) is 4.13. The number of nitrogens with zero attached hydrogens (tertiary/aromatic N) is 3. The Morgan fingerprint density at radius 2 is 1.71 bits per heavy atom. The Morgan fingerprint density at radius 1 is 1.03 bits per heavy atom. The number of ether oxygens (including phenoxy) is 1. The quantitative estimate of drug-likeness (QED) is 0.542. The summed E-state index contributed by atoms with van der Waals surface area (Å²) < 4.78 is 5.10. The predicted octanol–water partition coefficient (Wildman–Crippen LogP) is 4.33. The van der Waals surface area contributed by atoms with Crippen LogP contribution >= 0.6 is 11.6 Å². The number of hydrogen-bond donors (Lipinski definition) is 2. The lowest BCUT2D eigenvalue weighted by molar-refractivity contribution is 0.0696. The average Bonchev–Trinajstić information content (AvgIpc) is 2.85. The van der Waals surface area contributed by atoms with E-state index in [1.54, 1.807) is 31.4 Å². The number of carboxylic acid groups (broad SMARTS) is 1. The van der Waals surface area contributed by atoms with E-state index in [1.807, 2.05) is 30.0 Å². The van der Waals surface area contributed by atoms with Crippen LogP contribution in [0.5, 0.6) is 5.75 Å². The van der Waals surface area contributed by atoms with Gasteiger partial charge >= 0.3 is 5.97 Å². The minimum absolute atomic E-state index is 0.0416. The van der Waals surface area contributed by atoms with Crippen LogP contribution in [0.25, 0.3) is 0 Å². The van der Waals surface area contributed by atoms with Gasteiger partial charge in [-0.2, -0.15) is 0 Å². The van der Waals surface area contributed by atoms with Gasteiger partial charge in [-0.05, 0) is 55.0 Å². The SMILES string of the molecule is COc1ccc(C(=O)Nc2cnc(N3CCN(c4cc(Cl)ccc4C)CC3)c(C(=O)O)c2)cc1. The zero-order valence-electron chi connectivity index (χ0n) is 18.9. The zero-order valence-corrected chi connectivity index (χ0v) is 19.7. The van der Waals surface area contributed by atoms with E-state index < -0.39 is 5.97 Å². The molecule has 0 bridgehead atoms. The van der Waals surface area contributed by atoms with Crippen molar-refractivity contribution >= 4 is 40.7 Å². The molecule has 9 heteroatoms. The molecule has 4 rings (SSSR count). The number of amides is 1. The van der Waals surface area contributed by atoms with E-state index in [-0.39, 0.29) is 11.5 Å². The fraction of sp³-hybridized carbons (Fsp3) is 0.240. The largest absolute Gasteiger partial charge is 0.497 e. The number of carboxylic acids is 1. The third-order valence-electron chi connectivity index (χ3n) is 5.80. The summed E-state index contributed by atoms with van der Waals surface area (Å²) >= 11 is 6.17. The summed E-state index contributed by atoms with van der Waals surface area (Å²) in [6, 6.07) is 13.9. The van der Waals surface area contributed by atoms with Gasteiger partial charge in [-0.1, -0.05) is 17.7 Å². The molecule has 0 aliphatic carbocycles. The molecule has 2 heterocycles. The second-order valence-corrected chi connectivity index (χ2v) is 8.42. The summed E-state index contributed by atoms with van der Waals surface area (Å²) in [6.07, 6.45) is 1.48. The van der Waals surface area contributed by atoms with Crippen molar-refractivity contribution < 1.29 is 19.4 Å². The molecule has 0 radical (unpaired) electrons. The van der Waals surface area contributed by atoms with E-state index in [0.717, 1.165) is 11.3 Å². The zero-order chi connectivity index (χ0) is 24.2. The van der Waals surface area contributed by atoms with Crippen molar-refractivity contribution in [1.82, 2.24) is 4.98 Å². The van der Waals surface area contributed by atoms with Crippen molar-refractivity contribution in [2.24, 2.45) is 0 Å². The number of halogens is 1. The highest BCUT2D eigenvalue weighted by Crippen LogP contribution is 2.28. The second kappa shape index (κ2) is 10.0. The van der Waals surface area contributed by atoms with Crippen molar-refractivity contribution in [3.8, 4) is 5.75 Å². The number of hydrogen-bond acceptors (Lipinski definition) is 6. The third-order valence-corrected chi connectivity index (χ3v) is 6.03. The average molecular weight is 481 g/mol. The summed E-state index contributed by atoms with van der Waals surface area (Å²) in [4.78, 5) is 33.1. The topological polar surface area (TPSA) is 95.0 Å². The van der Waals surface area contributed by atoms with Gasteiger partial charge in [-0.3, -0.25) is 4.79 Å². The third kappa shape index (κ3) is 5.07. The molecule has 176 valence electrons. The fourth-order valence-electron chi connectivity index (χ4n) is 3.96. The Labute approximate surface area is 202 Å². The number of piperazine rings is 1. The van der Waals surface area contributed by atoms with E-state index in [2.05, 4.69) is 15.2 Å². The summed E-state index contributed by atoms with van der Waals surface area (Å²) in [5.74, 6) is -0.436. The number of benzene rings is 2. The monoisotopic (exact) mass is 480 g/mol. The first-order valence-corrected chi connectivity index (χ1v) is 11.2. The Kier molecular flexibility index (Phi) is 6.88. The Balaban J connectivity index is 1.48. The number of carbonyl (C=O) groups excluding carboxylic acids is 1. The minimum Gasteiger partial charge on any atom is -0.497 e. The van der Waals surface area contributed by atoms with Crippen LogP contribution in [0, 0.1) is 6.92 Å². The van der Waals surface area contributed by atoms with Gasteiger partial charge in [-0.15, -0.1) is 0 Å². The maximum absolute atomic E-state index is 12.6. The molecule has 1 fully saturated rings. The lowest BCUT2D eigenvalue weighted by Crippen LogP contribution is -2.47. The molecule has 1 saturated heterocycles. The van der Waals surface area contributed by atoms with E-state index in [1.165, 1.54) is 12.3 Å². The van der Waals surface area contributed by atoms with Gasteiger partial charge in [0.15, 0.2) is 0 Å². The number of aryl methyl sites for hydroxylation is 1. The van der Waals surface area contributed by atoms with Crippen molar-refractivity contribution in [3.05, 3.63) is 76.4 Å². The molecule has 0 atom stereocenters. The van der Waals surface area contributed by atoms with Crippen LogP contribution in [0.1, 0.15) is 26.3 Å². The molecule has 34 heavy (non-hydrogen) atoms. The Hall–Kier alpha value is -3.78. The van der Waals surface area contributed by atoms with Crippen LogP contribution in [-0.4, -0.2) is 55.3 Å². The number of carbonyl (C=O) groups is 2. The number of nitrogens with one attached hydrogen (secondary N) is 1. The Bertz CT molecular complexity index is 1210. The number of rotatable bonds is 6. The molecular formula is C25H25ClN4O4. The smallest absolute Gasteiger partial charge is 0.339 e. The molecule has 0 spiro atoms. The van der Waals surface area contributed by atoms with Crippen molar-refractivity contribution in [2.75, 3.05) is 48.4 Å². The normalized spacial score (nSPS) is 13.5. The number of aromatic carboxylic acids is 1. The van der Waals surface area contributed by atoms with Gasteiger partial charge < -0.3 is 25.0 Å². The molecule has 1 aromatic heterocycles. The minimum atomic E-state index is -1.10. The molecule has 8 nitrogen and oxygen atoms in total. The lowest BCUT2D eigenvalue weighted by Gasteiger charge is -2.37. The maximum Gasteiger partial charge on any atom is 0.339 e. The first-order chi connectivity index (χ1) is 16.4. The van der Waals surface area contributed by atoms with E-state index >= 15 is 0 Å². The van der Waals surface area contributed by atoms with Gasteiger partial charge in [0, 0.05) is 42.5 Å². The standard InChI is InChI=1S/C25H25ClN4O4/c1-16-3-6-18(26)13-22(16)29-9-11-30(12-10-29)23-21(25(32)33)14-19(15-27-23)28-24(31)17-4-7-20(34-2)8-5-17/h3-8,13-15H,9-12H2,1-2H3,(H,28,31)(H,32,33). The van der Waals surface area contributed by atoms with Gasteiger partial charge in [0.2, 0.25) is 0 Å². The highest BCUT2D eigenvalue weighted by molar-refractivity contribution is 6.30. The van der Waals surface area contributed by atoms with Gasteiger partial charge in [-0.25, -0.2) is 9.78 Å². The summed E-state index contributed by atoms with van der Waals surface area (Å²) in [5.41, 5.74) is 3.00. The molecular weight excluding hydrogens is 456 g/mol. The summed E-state index contributed by atoms with van der Waals surface area (Å²) in [5, 5.41) is 13.2. The number of pyridine rings is 1. The highest BCUT2D eigenvalue weighted by atomic mass is 35.5. The molecule has 0 unspecified atom stereocenters. The molecule has 1 amide bonds. The number of aromatic nitrogens is 1. The van der Waals surface area contributed by atoms with Crippen LogP contribution in [0.4, 0.5) is 17.2 Å². The van der Waals surface area contributed by atoms with Crippen LogP contribution < -0.4 is 19.9 Å². The Morgan fingerprint density at radius 3 is 2.35 bits per heavy atom. The van der Waals surface area contributed by atoms with Crippen molar-refractivity contribution in [2.45, 2.75) is 6.92 Å². The molecule has 0 saturated carbocycles. The van der Waals surface area contributed by atoms with E-state index in [0.29, 0.717) is 54.0 Å². The summed E-state index contributed by atoms with van der Waals surface area (Å²) in [7, 11) is 1.55. The van der Waals surface area contributed by atoms with Gasteiger partial charge in [0.05, 0.1) is 19.0 Å². The van der Waals surface area contributed by atoms with Gasteiger partial charge in [0.25, 0.3) is 5.91 Å². The second-order valence-electron chi connectivity index (χ2n) is 7.99. The molecule has 3 aromatic rings. The lowest BCUT2D eigenvalue weighted by atomic mass is 10.1. The number of anilines is 3. The molecule has 2 N–H and O–H groups in total. The van der Waals surface area contributed by atoms with Crippen LogP contribution in [0.3, 0.4) is 0 Å². The van der Waals surface area contributed by atoms with Crippen molar-refractivity contribution in [1.29, 1.82) is 0 Å². The van der Waals surface area contributed by atoms with Crippen LogP contribution in [-0.2, 0) is 0 Å². The maximum atomic E-state index is 12.6. The first kappa shape index (κ1) is 23.4. The highest BCUT2D eigenvalue weighted by Gasteiger charge is 2.24. The van der Waals surface area contributed by atoms with Gasteiger partial charge in [0.1, 0.15) is 17.1 Å². The molecule has 1 aliphatic heterocycles. The van der Waals surface area contributed by atoms with Crippen molar-refractivity contribution in [3.63, 3.8) is 0 Å². The summed E-state index contributed by atoms with van der Waals surface area (Å²) in [6.45, 7) is 4.67. The first-order valence-electron chi connectivity index (χ1n) is 10.8. The number of methoxy groups -OCH3 is 1.